The summed E-state index contributed by atoms with van der Waals surface area (Å²) < 4.78 is 6.66. The Kier molecular flexibility index (Phi) is 4.76. The molecule has 0 bridgehead atoms. The van der Waals surface area contributed by atoms with Crippen molar-refractivity contribution in [1.29, 1.82) is 0 Å². The summed E-state index contributed by atoms with van der Waals surface area (Å²) in [7, 11) is 0. The summed E-state index contributed by atoms with van der Waals surface area (Å²) in [5.41, 5.74) is 7.02. The van der Waals surface area contributed by atoms with Crippen LogP contribution in [0.15, 0.2) is 138 Å². The topological polar surface area (TPSA) is 31.9 Å². The SMILES string of the molecule is O=c1c2c3ccccc3n(-c3ccccc3)c2c2c(c3ccccc3n2C2C=CC=CC2)n1-c1ccccc1. The van der Waals surface area contributed by atoms with Gasteiger partial charge in [0.2, 0.25) is 0 Å². The van der Waals surface area contributed by atoms with Gasteiger partial charge in [-0.1, -0.05) is 97.1 Å². The summed E-state index contributed by atoms with van der Waals surface area (Å²) in [6, 6.07) is 37.3. The van der Waals surface area contributed by atoms with Gasteiger partial charge in [-0.3, -0.25) is 9.36 Å². The Hall–Kier alpha value is -5.09. The number of nitrogens with zero attached hydrogens (tertiary/aromatic N) is 3. The van der Waals surface area contributed by atoms with E-state index in [1.165, 1.54) is 0 Å². The second-order valence-electron chi connectivity index (χ2n) is 10.1. The number of rotatable bonds is 3. The monoisotopic (exact) mass is 503 g/mol. The molecule has 3 heterocycles. The zero-order valence-corrected chi connectivity index (χ0v) is 21.2. The highest BCUT2D eigenvalue weighted by Crippen LogP contribution is 2.41. The van der Waals surface area contributed by atoms with E-state index >= 15 is 0 Å². The Morgan fingerprint density at radius 1 is 0.564 bits per heavy atom. The van der Waals surface area contributed by atoms with Crippen molar-refractivity contribution in [3.63, 3.8) is 0 Å². The summed E-state index contributed by atoms with van der Waals surface area (Å²) in [5, 5.41) is 2.78. The van der Waals surface area contributed by atoms with E-state index in [9.17, 15) is 4.79 Å². The van der Waals surface area contributed by atoms with Crippen LogP contribution in [-0.4, -0.2) is 13.7 Å². The molecule has 0 N–H and O–H groups in total. The standard InChI is InChI=1S/C35H25N3O/c39-35-31-27-20-10-12-22-29(27)36(24-14-4-1-5-15-24)33(31)34-32(38(35)26-18-8-3-9-19-26)28-21-11-13-23-30(28)37(34)25-16-6-2-7-17-25/h1-16,18-23,25H,17H2. The van der Waals surface area contributed by atoms with Crippen molar-refractivity contribution in [2.45, 2.75) is 12.5 Å². The first kappa shape index (κ1) is 21.9. The van der Waals surface area contributed by atoms with E-state index in [1.807, 2.05) is 47.0 Å². The Morgan fingerprint density at radius 2 is 1.18 bits per heavy atom. The lowest BCUT2D eigenvalue weighted by molar-refractivity contribution is 0.648. The van der Waals surface area contributed by atoms with Gasteiger partial charge in [0.05, 0.1) is 39.0 Å². The molecule has 0 fully saturated rings. The maximum absolute atomic E-state index is 14.7. The molecule has 0 saturated heterocycles. The van der Waals surface area contributed by atoms with Gasteiger partial charge in [0, 0.05) is 22.1 Å². The van der Waals surface area contributed by atoms with E-state index in [1.54, 1.807) is 0 Å². The zero-order chi connectivity index (χ0) is 25.9. The molecule has 8 rings (SSSR count). The highest BCUT2D eigenvalue weighted by Gasteiger charge is 2.27. The van der Waals surface area contributed by atoms with Crippen LogP contribution in [0.3, 0.4) is 0 Å². The maximum Gasteiger partial charge on any atom is 0.265 e. The molecule has 186 valence electrons. The molecule has 7 aromatic rings. The fourth-order valence-electron chi connectivity index (χ4n) is 6.36. The van der Waals surface area contributed by atoms with Crippen molar-refractivity contribution in [1.82, 2.24) is 13.7 Å². The van der Waals surface area contributed by atoms with Crippen molar-refractivity contribution in [3.8, 4) is 11.4 Å². The molecule has 0 amide bonds. The fraction of sp³-hybridized carbons (Fsp3) is 0.0571. The van der Waals surface area contributed by atoms with E-state index < -0.39 is 0 Å². The number of para-hydroxylation sites is 4. The lowest BCUT2D eigenvalue weighted by Crippen LogP contribution is -2.20. The van der Waals surface area contributed by atoms with Gasteiger partial charge >= 0.3 is 0 Å². The Labute approximate surface area is 225 Å². The minimum atomic E-state index is -0.00318. The summed E-state index contributed by atoms with van der Waals surface area (Å²) in [6.45, 7) is 0. The summed E-state index contributed by atoms with van der Waals surface area (Å²) >= 11 is 0. The molecule has 1 aliphatic carbocycles. The molecular formula is C35H25N3O. The van der Waals surface area contributed by atoms with Crippen LogP contribution in [0.5, 0.6) is 0 Å². The molecule has 3 aromatic heterocycles. The van der Waals surface area contributed by atoms with E-state index in [0.717, 1.165) is 61.5 Å². The number of pyridine rings is 1. The zero-order valence-electron chi connectivity index (χ0n) is 21.2. The average molecular weight is 504 g/mol. The molecule has 0 spiro atoms. The van der Waals surface area contributed by atoms with E-state index in [-0.39, 0.29) is 11.6 Å². The number of aromatic nitrogens is 3. The third kappa shape index (κ3) is 3.09. The van der Waals surface area contributed by atoms with Gasteiger partial charge in [-0.15, -0.1) is 0 Å². The number of hydrogen-bond donors (Lipinski definition) is 0. The molecule has 39 heavy (non-hydrogen) atoms. The van der Waals surface area contributed by atoms with Crippen LogP contribution in [-0.2, 0) is 0 Å². The molecule has 1 unspecified atom stereocenters. The minimum Gasteiger partial charge on any atom is -0.330 e. The van der Waals surface area contributed by atoms with Gasteiger partial charge in [-0.25, -0.2) is 0 Å². The van der Waals surface area contributed by atoms with Crippen LogP contribution in [0.4, 0.5) is 0 Å². The lowest BCUT2D eigenvalue weighted by Gasteiger charge is -2.20. The third-order valence-electron chi connectivity index (χ3n) is 7.94. The van der Waals surface area contributed by atoms with Crippen LogP contribution < -0.4 is 5.56 Å². The highest BCUT2D eigenvalue weighted by molar-refractivity contribution is 6.22. The summed E-state index contributed by atoms with van der Waals surface area (Å²) in [5.74, 6) is 0. The van der Waals surface area contributed by atoms with Crippen LogP contribution in [0.1, 0.15) is 12.5 Å². The lowest BCUT2D eigenvalue weighted by atomic mass is 10.1. The van der Waals surface area contributed by atoms with Crippen molar-refractivity contribution in [2.24, 2.45) is 0 Å². The second-order valence-corrected chi connectivity index (χ2v) is 10.1. The van der Waals surface area contributed by atoms with Crippen LogP contribution >= 0.6 is 0 Å². The first-order valence-electron chi connectivity index (χ1n) is 13.4. The largest absolute Gasteiger partial charge is 0.330 e. The van der Waals surface area contributed by atoms with Gasteiger partial charge in [0.1, 0.15) is 0 Å². The summed E-state index contributed by atoms with van der Waals surface area (Å²) in [6.07, 6.45) is 9.63. The van der Waals surface area contributed by atoms with Crippen molar-refractivity contribution in [2.75, 3.05) is 0 Å². The normalized spacial score (nSPS) is 15.2. The molecule has 4 heteroatoms. The van der Waals surface area contributed by atoms with Gasteiger partial charge in [0.25, 0.3) is 5.56 Å². The van der Waals surface area contributed by atoms with Crippen LogP contribution in [0.2, 0.25) is 0 Å². The first-order chi connectivity index (χ1) is 19.3. The molecule has 0 saturated carbocycles. The van der Waals surface area contributed by atoms with Gasteiger partial charge in [-0.05, 0) is 42.8 Å². The molecule has 1 atom stereocenters. The third-order valence-corrected chi connectivity index (χ3v) is 7.94. The van der Waals surface area contributed by atoms with E-state index in [4.69, 9.17) is 0 Å². The molecule has 0 aliphatic heterocycles. The van der Waals surface area contributed by atoms with Crippen molar-refractivity contribution < 1.29 is 0 Å². The molecule has 1 aliphatic rings. The Morgan fingerprint density at radius 3 is 1.87 bits per heavy atom. The van der Waals surface area contributed by atoms with Gasteiger partial charge < -0.3 is 9.13 Å². The number of fused-ring (bicyclic) bond motifs is 7. The smallest absolute Gasteiger partial charge is 0.265 e. The van der Waals surface area contributed by atoms with Crippen LogP contribution in [0, 0.1) is 0 Å². The quantitative estimate of drug-likeness (QED) is 0.240. The molecule has 4 aromatic carbocycles. The van der Waals surface area contributed by atoms with Crippen LogP contribution in [0.25, 0.3) is 55.1 Å². The minimum absolute atomic E-state index is 0.00318. The number of allylic oxidation sites excluding steroid dienone is 4. The van der Waals surface area contributed by atoms with E-state index in [2.05, 4.69) is 100 Å². The van der Waals surface area contributed by atoms with Gasteiger partial charge in [-0.2, -0.15) is 0 Å². The number of hydrogen-bond acceptors (Lipinski definition) is 1. The van der Waals surface area contributed by atoms with Crippen molar-refractivity contribution in [3.05, 3.63) is 144 Å². The fourth-order valence-corrected chi connectivity index (χ4v) is 6.36. The highest BCUT2D eigenvalue weighted by atomic mass is 16.1. The Bertz CT molecular complexity index is 2160. The second kappa shape index (κ2) is 8.47. The van der Waals surface area contributed by atoms with E-state index in [0.29, 0.717) is 0 Å². The average Bonchev–Trinajstić information content (AvgIpc) is 3.53. The maximum atomic E-state index is 14.7. The van der Waals surface area contributed by atoms with Crippen molar-refractivity contribution >= 4 is 43.7 Å². The predicted octanol–water partition coefficient (Wildman–Crippen LogP) is 8.10. The Balaban J connectivity index is 1.72. The summed E-state index contributed by atoms with van der Waals surface area (Å²) in [4.78, 5) is 14.7. The molecule has 0 radical (unpaired) electrons. The first-order valence-corrected chi connectivity index (χ1v) is 13.4. The molecular weight excluding hydrogens is 478 g/mol. The van der Waals surface area contributed by atoms with Gasteiger partial charge in [0.15, 0.2) is 0 Å². The molecule has 4 nitrogen and oxygen atoms in total. The predicted molar refractivity (Wildman–Crippen MR) is 161 cm³/mol. The number of benzene rings is 4.